The van der Waals surface area contributed by atoms with Crippen LogP contribution < -0.4 is 4.74 Å². The fourth-order valence-electron chi connectivity index (χ4n) is 2.28. The molecule has 1 unspecified atom stereocenters. The largest absolute Gasteiger partial charge is 0.495 e. The third-order valence-electron chi connectivity index (χ3n) is 3.29. The van der Waals surface area contributed by atoms with E-state index < -0.39 is 16.6 Å². The van der Waals surface area contributed by atoms with Crippen LogP contribution in [0.3, 0.4) is 0 Å². The van der Waals surface area contributed by atoms with Gasteiger partial charge in [0.25, 0.3) is 0 Å². The Balaban J connectivity index is 2.28. The fraction of sp³-hybridized carbons (Fsp3) is 0.0588. The SMILES string of the molecule is COc1ccc2ccccc2c1S(=O)c1ccccc1F. The zero-order valence-corrected chi connectivity index (χ0v) is 12.2. The van der Waals surface area contributed by atoms with Gasteiger partial charge in [0.2, 0.25) is 0 Å². The first-order valence-electron chi connectivity index (χ1n) is 6.44. The number of halogens is 1. The molecule has 0 spiro atoms. The topological polar surface area (TPSA) is 26.3 Å². The molecular formula is C17H13FO2S. The first kappa shape index (κ1) is 13.8. The van der Waals surface area contributed by atoms with E-state index in [2.05, 4.69) is 0 Å². The van der Waals surface area contributed by atoms with Gasteiger partial charge in [-0.1, -0.05) is 42.5 Å². The molecule has 0 N–H and O–H groups in total. The van der Waals surface area contributed by atoms with Crippen LogP contribution >= 0.6 is 0 Å². The van der Waals surface area contributed by atoms with Crippen molar-refractivity contribution in [1.29, 1.82) is 0 Å². The highest BCUT2D eigenvalue weighted by Crippen LogP contribution is 2.34. The van der Waals surface area contributed by atoms with Crippen molar-refractivity contribution in [2.45, 2.75) is 9.79 Å². The standard InChI is InChI=1S/C17H13FO2S/c1-20-15-11-10-12-6-2-3-7-13(12)17(15)21(19)16-9-5-4-8-14(16)18/h2-11H,1H3. The Labute approximate surface area is 124 Å². The Morgan fingerprint density at radius 1 is 0.952 bits per heavy atom. The maximum atomic E-state index is 13.9. The van der Waals surface area contributed by atoms with E-state index in [0.29, 0.717) is 10.6 Å². The van der Waals surface area contributed by atoms with Crippen LogP contribution in [0.4, 0.5) is 4.39 Å². The molecule has 4 heteroatoms. The molecule has 3 aromatic carbocycles. The highest BCUT2D eigenvalue weighted by atomic mass is 32.2. The summed E-state index contributed by atoms with van der Waals surface area (Å²) >= 11 is 0. The van der Waals surface area contributed by atoms with E-state index in [1.165, 1.54) is 19.2 Å². The number of methoxy groups -OCH3 is 1. The summed E-state index contributed by atoms with van der Waals surface area (Å²) in [6.07, 6.45) is 0. The number of fused-ring (bicyclic) bond motifs is 1. The molecule has 0 heterocycles. The molecule has 0 bridgehead atoms. The molecule has 0 aliphatic heterocycles. The average molecular weight is 300 g/mol. The summed E-state index contributed by atoms with van der Waals surface area (Å²) in [5.41, 5.74) is 0. The third-order valence-corrected chi connectivity index (χ3v) is 4.81. The lowest BCUT2D eigenvalue weighted by atomic mass is 10.1. The van der Waals surface area contributed by atoms with E-state index in [4.69, 9.17) is 4.74 Å². The summed E-state index contributed by atoms with van der Waals surface area (Å²) in [5.74, 6) is 0.0149. The van der Waals surface area contributed by atoms with Crippen LogP contribution in [0.2, 0.25) is 0 Å². The highest BCUT2D eigenvalue weighted by molar-refractivity contribution is 7.85. The summed E-state index contributed by atoms with van der Waals surface area (Å²) in [7, 11) is -0.124. The van der Waals surface area contributed by atoms with Crippen molar-refractivity contribution in [3.8, 4) is 5.75 Å². The van der Waals surface area contributed by atoms with Crippen molar-refractivity contribution in [2.24, 2.45) is 0 Å². The summed E-state index contributed by atoms with van der Waals surface area (Å²) in [4.78, 5) is 0.660. The van der Waals surface area contributed by atoms with Crippen molar-refractivity contribution in [2.75, 3.05) is 7.11 Å². The normalized spacial score (nSPS) is 12.3. The second-order valence-corrected chi connectivity index (χ2v) is 5.90. The molecule has 0 amide bonds. The minimum absolute atomic E-state index is 0.159. The van der Waals surface area contributed by atoms with Gasteiger partial charge in [-0.25, -0.2) is 8.60 Å². The van der Waals surface area contributed by atoms with Gasteiger partial charge in [0, 0.05) is 5.39 Å². The summed E-state index contributed by atoms with van der Waals surface area (Å²) in [6.45, 7) is 0. The van der Waals surface area contributed by atoms with Crippen LogP contribution in [-0.2, 0) is 10.8 Å². The van der Waals surface area contributed by atoms with Gasteiger partial charge in [-0.2, -0.15) is 0 Å². The molecule has 21 heavy (non-hydrogen) atoms. The van der Waals surface area contributed by atoms with Crippen molar-refractivity contribution < 1.29 is 13.3 Å². The molecule has 0 aliphatic rings. The Kier molecular flexibility index (Phi) is 3.71. The van der Waals surface area contributed by atoms with E-state index in [0.717, 1.165) is 10.8 Å². The van der Waals surface area contributed by atoms with Gasteiger partial charge in [-0.3, -0.25) is 0 Å². The third kappa shape index (κ3) is 2.43. The van der Waals surface area contributed by atoms with Crippen molar-refractivity contribution in [1.82, 2.24) is 0 Å². The van der Waals surface area contributed by atoms with Gasteiger partial charge in [0.15, 0.2) is 0 Å². The Hall–Kier alpha value is -2.20. The van der Waals surface area contributed by atoms with Crippen LogP contribution in [0.1, 0.15) is 0 Å². The zero-order valence-electron chi connectivity index (χ0n) is 11.4. The lowest BCUT2D eigenvalue weighted by Crippen LogP contribution is -2.00. The van der Waals surface area contributed by atoms with E-state index in [9.17, 15) is 8.60 Å². The van der Waals surface area contributed by atoms with E-state index in [1.54, 1.807) is 18.2 Å². The predicted molar refractivity (Wildman–Crippen MR) is 81.6 cm³/mol. The number of benzene rings is 3. The minimum atomic E-state index is -1.64. The molecule has 0 aliphatic carbocycles. The van der Waals surface area contributed by atoms with Gasteiger partial charge < -0.3 is 4.74 Å². The van der Waals surface area contributed by atoms with Gasteiger partial charge in [-0.05, 0) is 23.6 Å². The summed E-state index contributed by atoms with van der Waals surface area (Å²) < 4.78 is 32.1. The molecule has 0 aromatic heterocycles. The summed E-state index contributed by atoms with van der Waals surface area (Å²) in [5, 5.41) is 1.75. The number of rotatable bonds is 3. The Morgan fingerprint density at radius 3 is 2.43 bits per heavy atom. The molecule has 0 radical (unpaired) electrons. The first-order chi connectivity index (χ1) is 10.2. The lowest BCUT2D eigenvalue weighted by molar-refractivity contribution is 0.405. The van der Waals surface area contributed by atoms with Crippen molar-refractivity contribution >= 4 is 21.6 Å². The molecule has 1 atom stereocenters. The molecule has 0 saturated heterocycles. The van der Waals surface area contributed by atoms with Gasteiger partial charge >= 0.3 is 0 Å². The van der Waals surface area contributed by atoms with E-state index in [-0.39, 0.29) is 4.90 Å². The molecule has 0 fully saturated rings. The molecule has 3 aromatic rings. The first-order valence-corrected chi connectivity index (χ1v) is 7.59. The second kappa shape index (κ2) is 5.66. The van der Waals surface area contributed by atoms with Crippen LogP contribution in [0, 0.1) is 5.82 Å². The van der Waals surface area contributed by atoms with E-state index in [1.807, 2.05) is 30.3 Å². The maximum Gasteiger partial charge on any atom is 0.139 e. The average Bonchev–Trinajstić information content (AvgIpc) is 2.53. The van der Waals surface area contributed by atoms with Crippen molar-refractivity contribution in [3.63, 3.8) is 0 Å². The highest BCUT2D eigenvalue weighted by Gasteiger charge is 2.19. The molecule has 106 valence electrons. The van der Waals surface area contributed by atoms with Gasteiger partial charge in [0.1, 0.15) is 11.6 Å². The smallest absolute Gasteiger partial charge is 0.139 e. The fourth-order valence-corrected chi connectivity index (χ4v) is 3.67. The van der Waals surface area contributed by atoms with Crippen LogP contribution in [0.5, 0.6) is 5.75 Å². The maximum absolute atomic E-state index is 13.9. The predicted octanol–water partition coefficient (Wildman–Crippen LogP) is 4.15. The monoisotopic (exact) mass is 300 g/mol. The Bertz CT molecular complexity index is 830. The van der Waals surface area contributed by atoms with Crippen LogP contribution in [-0.4, -0.2) is 11.3 Å². The minimum Gasteiger partial charge on any atom is -0.495 e. The number of ether oxygens (including phenoxy) is 1. The zero-order chi connectivity index (χ0) is 14.8. The Morgan fingerprint density at radius 2 is 1.67 bits per heavy atom. The van der Waals surface area contributed by atoms with Crippen LogP contribution in [0.15, 0.2) is 70.5 Å². The van der Waals surface area contributed by atoms with Gasteiger partial charge in [-0.15, -0.1) is 0 Å². The van der Waals surface area contributed by atoms with Crippen LogP contribution in [0.25, 0.3) is 10.8 Å². The van der Waals surface area contributed by atoms with Gasteiger partial charge in [0.05, 0.1) is 27.7 Å². The number of hydrogen-bond donors (Lipinski definition) is 0. The summed E-state index contributed by atoms with van der Waals surface area (Å²) in [6, 6.07) is 17.3. The lowest BCUT2D eigenvalue weighted by Gasteiger charge is -2.12. The number of hydrogen-bond acceptors (Lipinski definition) is 2. The molecular weight excluding hydrogens is 287 g/mol. The van der Waals surface area contributed by atoms with Crippen molar-refractivity contribution in [3.05, 3.63) is 66.5 Å². The molecule has 0 saturated carbocycles. The quantitative estimate of drug-likeness (QED) is 0.726. The molecule has 2 nitrogen and oxygen atoms in total. The molecule has 3 rings (SSSR count). The van der Waals surface area contributed by atoms with E-state index >= 15 is 0 Å². The second-order valence-electron chi connectivity index (χ2n) is 4.52.